The van der Waals surface area contributed by atoms with Gasteiger partial charge in [0.2, 0.25) is 0 Å². The number of benzene rings is 1. The summed E-state index contributed by atoms with van der Waals surface area (Å²) in [7, 11) is 1.82. The molecule has 1 aliphatic heterocycles. The van der Waals surface area contributed by atoms with Crippen LogP contribution < -0.4 is 0 Å². The molecule has 0 aliphatic carbocycles. The number of halogens is 1. The predicted octanol–water partition coefficient (Wildman–Crippen LogP) is 2.93. The first kappa shape index (κ1) is 18.6. The van der Waals surface area contributed by atoms with Crippen molar-refractivity contribution in [2.45, 2.75) is 32.9 Å². The van der Waals surface area contributed by atoms with Gasteiger partial charge in [-0.1, -0.05) is 26.0 Å². The third kappa shape index (κ3) is 4.30. The monoisotopic (exact) mass is 358 g/mol. The molecule has 2 heterocycles. The molecular formula is C20H27FN4O. The van der Waals surface area contributed by atoms with Crippen molar-refractivity contribution >= 4 is 5.91 Å². The van der Waals surface area contributed by atoms with Crippen LogP contribution in [0.5, 0.6) is 0 Å². The highest BCUT2D eigenvalue weighted by molar-refractivity contribution is 5.93. The van der Waals surface area contributed by atoms with Crippen molar-refractivity contribution in [1.29, 1.82) is 0 Å². The summed E-state index contributed by atoms with van der Waals surface area (Å²) in [5.74, 6) is 0.253. The number of nitrogens with zero attached hydrogens (tertiary/aromatic N) is 4. The Morgan fingerprint density at radius 1 is 1.27 bits per heavy atom. The lowest BCUT2D eigenvalue weighted by molar-refractivity contribution is 0.0702. The standard InChI is InChI=1S/C20H27FN4O/c1-15(2)19-14-25(20(26)17-11-22-23(3)13-17)10-4-9-24(19)12-16-5-7-18(21)8-6-16/h5-8,11,13,15,19H,4,9-10,12,14H2,1-3H3/t19-/m1/s1. The molecule has 26 heavy (non-hydrogen) atoms. The van der Waals surface area contributed by atoms with Crippen LogP contribution in [0.4, 0.5) is 4.39 Å². The van der Waals surface area contributed by atoms with E-state index in [1.807, 2.05) is 24.1 Å². The van der Waals surface area contributed by atoms with Crippen molar-refractivity contribution in [1.82, 2.24) is 19.6 Å². The summed E-state index contributed by atoms with van der Waals surface area (Å²) in [5.41, 5.74) is 1.74. The summed E-state index contributed by atoms with van der Waals surface area (Å²) in [6, 6.07) is 6.97. The van der Waals surface area contributed by atoms with Crippen LogP contribution in [0, 0.1) is 11.7 Å². The van der Waals surface area contributed by atoms with Crippen molar-refractivity contribution in [3.05, 3.63) is 53.6 Å². The van der Waals surface area contributed by atoms with Crippen molar-refractivity contribution in [2.24, 2.45) is 13.0 Å². The largest absolute Gasteiger partial charge is 0.337 e. The topological polar surface area (TPSA) is 41.4 Å². The second-order valence-electron chi connectivity index (χ2n) is 7.42. The van der Waals surface area contributed by atoms with Gasteiger partial charge >= 0.3 is 0 Å². The van der Waals surface area contributed by atoms with E-state index < -0.39 is 0 Å². The Morgan fingerprint density at radius 2 is 2.00 bits per heavy atom. The number of rotatable bonds is 4. The second kappa shape index (κ2) is 7.99. The molecule has 1 aromatic heterocycles. The highest BCUT2D eigenvalue weighted by Gasteiger charge is 2.30. The van der Waals surface area contributed by atoms with E-state index in [0.29, 0.717) is 18.0 Å². The van der Waals surface area contributed by atoms with Crippen molar-refractivity contribution in [2.75, 3.05) is 19.6 Å². The SMILES string of the molecule is CC(C)[C@H]1CN(C(=O)c2cnn(C)c2)CCCN1Cc1ccc(F)cc1. The lowest BCUT2D eigenvalue weighted by atomic mass is 10.0. The summed E-state index contributed by atoms with van der Waals surface area (Å²) in [5, 5.41) is 4.12. The average molecular weight is 358 g/mol. The van der Waals surface area contributed by atoms with Gasteiger partial charge < -0.3 is 4.90 Å². The Labute approximate surface area is 154 Å². The molecule has 1 fully saturated rings. The van der Waals surface area contributed by atoms with E-state index in [4.69, 9.17) is 0 Å². The van der Waals surface area contributed by atoms with Crippen molar-refractivity contribution in [3.63, 3.8) is 0 Å². The molecule has 1 aromatic carbocycles. The molecule has 1 saturated heterocycles. The van der Waals surface area contributed by atoms with Gasteiger partial charge in [0.1, 0.15) is 5.82 Å². The van der Waals surface area contributed by atoms with Crippen LogP contribution in [-0.2, 0) is 13.6 Å². The lowest BCUT2D eigenvalue weighted by Crippen LogP contribution is -2.45. The van der Waals surface area contributed by atoms with Crippen LogP contribution in [0.2, 0.25) is 0 Å². The van der Waals surface area contributed by atoms with E-state index in [-0.39, 0.29) is 17.8 Å². The highest BCUT2D eigenvalue weighted by Crippen LogP contribution is 2.21. The molecule has 1 amide bonds. The van der Waals surface area contributed by atoms with Crippen LogP contribution in [-0.4, -0.2) is 51.2 Å². The zero-order chi connectivity index (χ0) is 18.7. The van der Waals surface area contributed by atoms with E-state index in [9.17, 15) is 9.18 Å². The maximum absolute atomic E-state index is 13.2. The summed E-state index contributed by atoms with van der Waals surface area (Å²) in [6.07, 6.45) is 4.33. The number of carbonyl (C=O) groups excluding carboxylic acids is 1. The Hall–Kier alpha value is -2.21. The summed E-state index contributed by atoms with van der Waals surface area (Å²) >= 11 is 0. The van der Waals surface area contributed by atoms with Crippen LogP contribution >= 0.6 is 0 Å². The molecule has 0 unspecified atom stereocenters. The summed E-state index contributed by atoms with van der Waals surface area (Å²) in [6.45, 7) is 7.54. The molecule has 0 bridgehead atoms. The fourth-order valence-corrected chi connectivity index (χ4v) is 3.61. The Balaban J connectivity index is 1.74. The van der Waals surface area contributed by atoms with Crippen molar-refractivity contribution in [3.8, 4) is 0 Å². The normalized spacial score (nSPS) is 19.0. The van der Waals surface area contributed by atoms with Crippen LogP contribution in [0.1, 0.15) is 36.2 Å². The van der Waals surface area contributed by atoms with E-state index in [0.717, 1.165) is 31.6 Å². The second-order valence-corrected chi connectivity index (χ2v) is 7.42. The number of aromatic nitrogens is 2. The molecule has 1 atom stereocenters. The van der Waals surface area contributed by atoms with Gasteiger partial charge in [-0.25, -0.2) is 4.39 Å². The predicted molar refractivity (Wildman–Crippen MR) is 99.2 cm³/mol. The van der Waals surface area contributed by atoms with Gasteiger partial charge in [-0.3, -0.25) is 14.4 Å². The molecule has 3 rings (SSSR count). The third-order valence-electron chi connectivity index (χ3n) is 5.06. The number of aryl methyl sites for hydroxylation is 1. The molecule has 1 aliphatic rings. The first-order chi connectivity index (χ1) is 12.4. The molecule has 2 aromatic rings. The maximum Gasteiger partial charge on any atom is 0.257 e. The molecule has 0 spiro atoms. The summed E-state index contributed by atoms with van der Waals surface area (Å²) < 4.78 is 14.8. The molecule has 140 valence electrons. The average Bonchev–Trinajstić information content (AvgIpc) is 2.93. The lowest BCUT2D eigenvalue weighted by Gasteiger charge is -2.34. The molecule has 6 heteroatoms. The highest BCUT2D eigenvalue weighted by atomic mass is 19.1. The fourth-order valence-electron chi connectivity index (χ4n) is 3.61. The quantitative estimate of drug-likeness (QED) is 0.844. The van der Waals surface area contributed by atoms with Crippen molar-refractivity contribution < 1.29 is 9.18 Å². The molecule has 0 N–H and O–H groups in total. The number of amides is 1. The minimum Gasteiger partial charge on any atom is -0.337 e. The van der Waals surface area contributed by atoms with Gasteiger partial charge in [0, 0.05) is 45.5 Å². The van der Waals surface area contributed by atoms with Gasteiger partial charge in [-0.2, -0.15) is 5.10 Å². The smallest absolute Gasteiger partial charge is 0.257 e. The molecule has 0 radical (unpaired) electrons. The van der Waals surface area contributed by atoms with Crippen LogP contribution in [0.3, 0.4) is 0 Å². The zero-order valence-corrected chi connectivity index (χ0v) is 15.7. The Bertz CT molecular complexity index is 741. The first-order valence-electron chi connectivity index (χ1n) is 9.20. The number of hydrogen-bond acceptors (Lipinski definition) is 3. The van der Waals surface area contributed by atoms with Crippen LogP contribution in [0.15, 0.2) is 36.7 Å². The van der Waals surface area contributed by atoms with E-state index >= 15 is 0 Å². The van der Waals surface area contributed by atoms with Gasteiger partial charge in [-0.15, -0.1) is 0 Å². The van der Waals surface area contributed by atoms with E-state index in [2.05, 4.69) is 23.8 Å². The number of carbonyl (C=O) groups is 1. The minimum absolute atomic E-state index is 0.0485. The zero-order valence-electron chi connectivity index (χ0n) is 15.7. The Morgan fingerprint density at radius 3 is 2.62 bits per heavy atom. The van der Waals surface area contributed by atoms with Gasteiger partial charge in [0.05, 0.1) is 11.8 Å². The maximum atomic E-state index is 13.2. The van der Waals surface area contributed by atoms with Gasteiger partial charge in [-0.05, 0) is 30.0 Å². The van der Waals surface area contributed by atoms with Crippen LogP contribution in [0.25, 0.3) is 0 Å². The first-order valence-corrected chi connectivity index (χ1v) is 9.20. The molecular weight excluding hydrogens is 331 g/mol. The third-order valence-corrected chi connectivity index (χ3v) is 5.06. The van der Waals surface area contributed by atoms with Gasteiger partial charge in [0.25, 0.3) is 5.91 Å². The fraction of sp³-hybridized carbons (Fsp3) is 0.500. The molecule has 0 saturated carbocycles. The number of hydrogen-bond donors (Lipinski definition) is 0. The Kier molecular flexibility index (Phi) is 5.71. The summed E-state index contributed by atoms with van der Waals surface area (Å²) in [4.78, 5) is 17.2. The van der Waals surface area contributed by atoms with E-state index in [1.54, 1.807) is 17.1 Å². The minimum atomic E-state index is -0.210. The molecule has 5 nitrogen and oxygen atoms in total. The van der Waals surface area contributed by atoms with Gasteiger partial charge in [0.15, 0.2) is 0 Å². The van der Waals surface area contributed by atoms with E-state index in [1.165, 1.54) is 12.1 Å².